The highest BCUT2D eigenvalue weighted by Crippen LogP contribution is 2.38. The van der Waals surface area contributed by atoms with Crippen LogP contribution in [0.25, 0.3) is 11.4 Å². The predicted octanol–water partition coefficient (Wildman–Crippen LogP) is 3.83. The Morgan fingerprint density at radius 2 is 1.65 bits per heavy atom. The molecule has 6 rings (SSSR count). The predicted molar refractivity (Wildman–Crippen MR) is 127 cm³/mol. The van der Waals surface area contributed by atoms with Crippen LogP contribution >= 0.6 is 0 Å². The van der Waals surface area contributed by atoms with Crippen LogP contribution in [0, 0.1) is 0 Å². The second-order valence-electron chi connectivity index (χ2n) is 8.82. The average molecular weight is 452 g/mol. The quantitative estimate of drug-likeness (QED) is 0.441. The molecule has 2 aliphatic rings. The van der Waals surface area contributed by atoms with E-state index in [1.807, 2.05) is 0 Å². The van der Waals surface area contributed by atoms with Crippen molar-refractivity contribution in [1.82, 2.24) is 24.6 Å². The number of carbonyl (C=O) groups is 1. The molecule has 1 aliphatic heterocycles. The van der Waals surface area contributed by atoms with Crippen molar-refractivity contribution in [3.63, 3.8) is 0 Å². The van der Waals surface area contributed by atoms with Gasteiger partial charge in [-0.3, -0.25) is 9.88 Å². The first-order valence-electron chi connectivity index (χ1n) is 11.6. The molecule has 1 aliphatic carbocycles. The molecule has 7 heteroatoms. The molecular weight excluding hydrogens is 426 g/mol. The third kappa shape index (κ3) is 3.49. The molecule has 0 atom stereocenters. The normalized spacial score (nSPS) is 15.7. The van der Waals surface area contributed by atoms with Gasteiger partial charge in [-0.05, 0) is 41.2 Å². The molecule has 2 aromatic heterocycles. The Bertz CT molecular complexity index is 1330. The highest BCUT2D eigenvalue weighted by Gasteiger charge is 2.32. The van der Waals surface area contributed by atoms with Crippen LogP contribution in [0.1, 0.15) is 44.5 Å². The average Bonchev–Trinajstić information content (AvgIpc) is 3.24. The minimum atomic E-state index is -0.412. The molecule has 0 spiro atoms. The van der Waals surface area contributed by atoms with Crippen LogP contribution in [0.3, 0.4) is 0 Å². The van der Waals surface area contributed by atoms with Crippen molar-refractivity contribution in [2.24, 2.45) is 0 Å². The van der Waals surface area contributed by atoms with Gasteiger partial charge in [0.2, 0.25) is 0 Å². The number of fused-ring (bicyclic) bond motifs is 3. The van der Waals surface area contributed by atoms with Crippen molar-refractivity contribution in [3.05, 3.63) is 101 Å². The second kappa shape index (κ2) is 8.50. The number of ether oxygens (including phenoxy) is 1. The fourth-order valence-corrected chi connectivity index (χ4v) is 5.29. The summed E-state index contributed by atoms with van der Waals surface area (Å²) < 4.78 is 6.98. The van der Waals surface area contributed by atoms with E-state index in [0.29, 0.717) is 12.1 Å². The first kappa shape index (κ1) is 20.7. The van der Waals surface area contributed by atoms with E-state index in [9.17, 15) is 4.79 Å². The van der Waals surface area contributed by atoms with Gasteiger partial charge < -0.3 is 9.30 Å². The molecule has 0 bridgehead atoms. The van der Waals surface area contributed by atoms with E-state index in [1.165, 1.54) is 35.6 Å². The van der Waals surface area contributed by atoms with Gasteiger partial charge in [0, 0.05) is 31.0 Å². The van der Waals surface area contributed by atoms with Gasteiger partial charge in [0.05, 0.1) is 25.3 Å². The maximum absolute atomic E-state index is 12.0. The molecule has 3 heterocycles. The van der Waals surface area contributed by atoms with E-state index in [0.717, 1.165) is 43.1 Å². The maximum Gasteiger partial charge on any atom is 0.339 e. The molecule has 7 nitrogen and oxygen atoms in total. The van der Waals surface area contributed by atoms with Gasteiger partial charge in [0.15, 0.2) is 5.82 Å². The summed E-state index contributed by atoms with van der Waals surface area (Å²) in [5.74, 6) is 1.24. The number of benzene rings is 2. The van der Waals surface area contributed by atoms with Gasteiger partial charge >= 0.3 is 5.97 Å². The highest BCUT2D eigenvalue weighted by atomic mass is 16.5. The largest absolute Gasteiger partial charge is 0.465 e. The van der Waals surface area contributed by atoms with Crippen LogP contribution in [0.15, 0.2) is 67.0 Å². The lowest BCUT2D eigenvalue weighted by atomic mass is 9.93. The van der Waals surface area contributed by atoms with E-state index in [2.05, 4.69) is 73.2 Å². The topological polar surface area (TPSA) is 73.1 Å². The zero-order valence-electron chi connectivity index (χ0n) is 19.0. The van der Waals surface area contributed by atoms with E-state index >= 15 is 0 Å². The lowest BCUT2D eigenvalue weighted by molar-refractivity contribution is 0.0600. The van der Waals surface area contributed by atoms with Crippen molar-refractivity contribution in [1.29, 1.82) is 0 Å². The summed E-state index contributed by atoms with van der Waals surface area (Å²) in [6.07, 6.45) is 5.34. The molecule has 170 valence electrons. The molecule has 0 radical (unpaired) electrons. The Hall–Kier alpha value is -3.84. The van der Waals surface area contributed by atoms with Crippen molar-refractivity contribution in [2.45, 2.75) is 32.0 Å². The van der Waals surface area contributed by atoms with Crippen molar-refractivity contribution >= 4 is 5.97 Å². The molecule has 0 amide bonds. The van der Waals surface area contributed by atoms with Gasteiger partial charge in [-0.15, -0.1) is 10.2 Å². The third-order valence-corrected chi connectivity index (χ3v) is 6.93. The van der Waals surface area contributed by atoms with E-state index in [4.69, 9.17) is 4.74 Å². The minimum absolute atomic E-state index is 0.188. The zero-order chi connectivity index (χ0) is 23.1. The fourth-order valence-electron chi connectivity index (χ4n) is 5.29. The lowest BCUT2D eigenvalue weighted by Crippen LogP contribution is -2.37. The van der Waals surface area contributed by atoms with Crippen LogP contribution in [-0.4, -0.2) is 44.3 Å². The summed E-state index contributed by atoms with van der Waals surface area (Å²) in [7, 11) is 1.37. The Balaban J connectivity index is 1.36. The Kier molecular flexibility index (Phi) is 5.19. The Labute approximate surface area is 198 Å². The van der Waals surface area contributed by atoms with Crippen molar-refractivity contribution in [2.75, 3.05) is 13.7 Å². The van der Waals surface area contributed by atoms with Gasteiger partial charge in [0.1, 0.15) is 5.82 Å². The van der Waals surface area contributed by atoms with E-state index in [1.54, 1.807) is 12.3 Å². The van der Waals surface area contributed by atoms with Gasteiger partial charge in [0.25, 0.3) is 0 Å². The summed E-state index contributed by atoms with van der Waals surface area (Å²) in [5, 5.41) is 9.01. The smallest absolute Gasteiger partial charge is 0.339 e. The SMILES string of the molecule is COC(=O)c1cncc(-c2nnc3n2CCN(C2c4ccccc4CCc4ccccc42)C3)c1. The highest BCUT2D eigenvalue weighted by molar-refractivity contribution is 5.90. The number of aromatic nitrogens is 4. The minimum Gasteiger partial charge on any atom is -0.465 e. The zero-order valence-corrected chi connectivity index (χ0v) is 19.0. The van der Waals surface area contributed by atoms with Crippen LogP contribution in [0.2, 0.25) is 0 Å². The number of methoxy groups -OCH3 is 1. The molecule has 0 saturated carbocycles. The molecule has 34 heavy (non-hydrogen) atoms. The summed E-state index contributed by atoms with van der Waals surface area (Å²) in [5.41, 5.74) is 6.78. The van der Waals surface area contributed by atoms with Gasteiger partial charge in [-0.2, -0.15) is 0 Å². The summed E-state index contributed by atoms with van der Waals surface area (Å²) in [6, 6.07) is 19.6. The molecule has 0 N–H and O–H groups in total. The molecule has 0 saturated heterocycles. The van der Waals surface area contributed by atoms with Crippen LogP contribution in [-0.2, 0) is 30.7 Å². The molecule has 0 fully saturated rings. The van der Waals surface area contributed by atoms with Crippen molar-refractivity contribution < 1.29 is 9.53 Å². The third-order valence-electron chi connectivity index (χ3n) is 6.93. The number of esters is 1. The maximum atomic E-state index is 12.0. The summed E-state index contributed by atoms with van der Waals surface area (Å²) in [6.45, 7) is 2.33. The molecule has 0 unspecified atom stereocenters. The summed E-state index contributed by atoms with van der Waals surface area (Å²) in [4.78, 5) is 18.7. The Morgan fingerprint density at radius 1 is 0.941 bits per heavy atom. The van der Waals surface area contributed by atoms with Gasteiger partial charge in [-0.25, -0.2) is 4.79 Å². The van der Waals surface area contributed by atoms with Crippen LogP contribution in [0.4, 0.5) is 0 Å². The molecule has 2 aromatic carbocycles. The first-order chi connectivity index (χ1) is 16.7. The van der Waals surface area contributed by atoms with E-state index < -0.39 is 5.97 Å². The number of aryl methyl sites for hydroxylation is 2. The number of nitrogens with zero attached hydrogens (tertiary/aromatic N) is 5. The number of carbonyl (C=O) groups excluding carboxylic acids is 1. The fraction of sp³-hybridized carbons (Fsp3) is 0.259. The first-order valence-corrected chi connectivity index (χ1v) is 11.6. The molecular formula is C27H25N5O2. The number of hydrogen-bond donors (Lipinski definition) is 0. The van der Waals surface area contributed by atoms with Crippen LogP contribution < -0.4 is 0 Å². The Morgan fingerprint density at radius 3 is 2.35 bits per heavy atom. The number of pyridine rings is 1. The number of hydrogen-bond acceptors (Lipinski definition) is 6. The van der Waals surface area contributed by atoms with Crippen molar-refractivity contribution in [3.8, 4) is 11.4 Å². The molecule has 4 aromatic rings. The second-order valence-corrected chi connectivity index (χ2v) is 8.82. The van der Waals surface area contributed by atoms with E-state index in [-0.39, 0.29) is 6.04 Å². The summed E-state index contributed by atoms with van der Waals surface area (Å²) >= 11 is 0. The van der Waals surface area contributed by atoms with Crippen LogP contribution in [0.5, 0.6) is 0 Å². The van der Waals surface area contributed by atoms with Gasteiger partial charge in [-0.1, -0.05) is 48.5 Å². The monoisotopic (exact) mass is 451 g/mol. The standard InChI is InChI=1S/C27H25N5O2/c1-34-27(33)21-14-20(15-28-16-21)26-30-29-24-17-31(12-13-32(24)26)25-22-8-4-2-6-18(22)10-11-19-7-3-5-9-23(19)25/h2-9,14-16,25H,10-13,17H2,1H3. The lowest BCUT2D eigenvalue weighted by Gasteiger charge is -2.36. The number of rotatable bonds is 3.